The average molecular weight is 592 g/mol. The molecule has 5 nitrogen and oxygen atoms in total. The van der Waals surface area contributed by atoms with E-state index in [9.17, 15) is 9.59 Å². The van der Waals surface area contributed by atoms with Gasteiger partial charge in [-0.2, -0.15) is 0 Å². The average Bonchev–Trinajstić information content (AvgIpc) is 2.87. The van der Waals surface area contributed by atoms with Crippen molar-refractivity contribution in [2.24, 2.45) is 0 Å². The van der Waals surface area contributed by atoms with Crippen LogP contribution in [0.25, 0.3) is 0 Å². The molecule has 3 rings (SSSR count). The summed E-state index contributed by atoms with van der Waals surface area (Å²) in [5, 5.41) is 3.96. The van der Waals surface area contributed by atoms with Crippen LogP contribution in [0.3, 0.4) is 0 Å². The molecule has 0 saturated heterocycles. The summed E-state index contributed by atoms with van der Waals surface area (Å²) in [6, 6.07) is 21.2. The number of nitrogens with zero attached hydrogens (tertiary/aromatic N) is 1. The maximum absolute atomic E-state index is 13.6. The van der Waals surface area contributed by atoms with Gasteiger partial charge in [0, 0.05) is 33.5 Å². The lowest BCUT2D eigenvalue weighted by Gasteiger charge is -2.32. The van der Waals surface area contributed by atoms with Crippen molar-refractivity contribution in [2.75, 3.05) is 6.61 Å². The van der Waals surface area contributed by atoms with Crippen molar-refractivity contribution < 1.29 is 14.3 Å². The first-order valence-corrected chi connectivity index (χ1v) is 13.3. The van der Waals surface area contributed by atoms with Crippen molar-refractivity contribution in [1.29, 1.82) is 0 Å². The molecule has 0 saturated carbocycles. The first-order chi connectivity index (χ1) is 17.3. The highest BCUT2D eigenvalue weighted by Crippen LogP contribution is 2.24. The Kier molecular flexibility index (Phi) is 10.7. The fraction of sp³-hybridized carbons (Fsp3) is 0.286. The SMILES string of the molecule is CC[C@H](C)NC(=O)[C@H](Cc1ccccc1)N(Cc1ccc(Cl)cc1Cl)C(=O)COc1ccc(Br)cc1. The number of carbonyl (C=O) groups is 2. The van der Waals surface area contributed by atoms with Gasteiger partial charge < -0.3 is 15.0 Å². The Hall–Kier alpha value is -2.54. The molecule has 1 N–H and O–H groups in total. The third-order valence-electron chi connectivity index (χ3n) is 5.80. The minimum Gasteiger partial charge on any atom is -0.484 e. The van der Waals surface area contributed by atoms with Gasteiger partial charge in [0.1, 0.15) is 11.8 Å². The summed E-state index contributed by atoms with van der Waals surface area (Å²) in [4.78, 5) is 28.6. The zero-order valence-electron chi connectivity index (χ0n) is 20.2. The topological polar surface area (TPSA) is 58.6 Å². The van der Waals surface area contributed by atoms with Crippen molar-refractivity contribution in [3.8, 4) is 5.75 Å². The van der Waals surface area contributed by atoms with E-state index in [1.165, 1.54) is 0 Å². The molecule has 0 aliphatic heterocycles. The van der Waals surface area contributed by atoms with Gasteiger partial charge in [-0.3, -0.25) is 9.59 Å². The minimum atomic E-state index is -0.769. The van der Waals surface area contributed by atoms with E-state index in [1.807, 2.05) is 56.3 Å². The van der Waals surface area contributed by atoms with E-state index in [2.05, 4.69) is 21.2 Å². The van der Waals surface area contributed by atoms with E-state index in [4.69, 9.17) is 27.9 Å². The summed E-state index contributed by atoms with van der Waals surface area (Å²) < 4.78 is 6.68. The number of rotatable bonds is 11. The lowest BCUT2D eigenvalue weighted by Crippen LogP contribution is -2.53. The smallest absolute Gasteiger partial charge is 0.261 e. The van der Waals surface area contributed by atoms with E-state index in [-0.39, 0.29) is 31.0 Å². The van der Waals surface area contributed by atoms with Gasteiger partial charge in [-0.05, 0) is 60.9 Å². The molecular weight excluding hydrogens is 563 g/mol. The lowest BCUT2D eigenvalue weighted by atomic mass is 10.0. The number of hydrogen-bond acceptors (Lipinski definition) is 3. The molecule has 0 heterocycles. The molecule has 0 fully saturated rings. The van der Waals surface area contributed by atoms with Crippen LogP contribution < -0.4 is 10.1 Å². The Bertz CT molecular complexity index is 1160. The van der Waals surface area contributed by atoms with Gasteiger partial charge in [-0.25, -0.2) is 0 Å². The maximum atomic E-state index is 13.6. The zero-order valence-corrected chi connectivity index (χ0v) is 23.3. The third-order valence-corrected chi connectivity index (χ3v) is 6.92. The minimum absolute atomic E-state index is 0.0362. The van der Waals surface area contributed by atoms with Crippen molar-refractivity contribution in [1.82, 2.24) is 10.2 Å². The summed E-state index contributed by atoms with van der Waals surface area (Å²) >= 11 is 15.9. The van der Waals surface area contributed by atoms with Crippen LogP contribution in [-0.2, 0) is 22.6 Å². The molecule has 0 spiro atoms. The molecule has 8 heteroatoms. The highest BCUT2D eigenvalue weighted by atomic mass is 79.9. The molecular formula is C28H29BrCl2N2O3. The molecule has 2 atom stereocenters. The summed E-state index contributed by atoms with van der Waals surface area (Å²) in [5.74, 6) is -0.000796. The Morgan fingerprint density at radius 2 is 1.72 bits per heavy atom. The van der Waals surface area contributed by atoms with Gasteiger partial charge in [0.05, 0.1) is 0 Å². The van der Waals surface area contributed by atoms with Crippen LogP contribution in [0.4, 0.5) is 0 Å². The first kappa shape index (κ1) is 28.0. The molecule has 0 unspecified atom stereocenters. The van der Waals surface area contributed by atoms with Gasteiger partial charge >= 0.3 is 0 Å². The summed E-state index contributed by atoms with van der Waals surface area (Å²) in [7, 11) is 0. The van der Waals surface area contributed by atoms with Crippen LogP contribution in [0.1, 0.15) is 31.4 Å². The molecule has 0 bridgehead atoms. The van der Waals surface area contributed by atoms with Crippen molar-refractivity contribution in [2.45, 2.75) is 45.3 Å². The number of ether oxygens (including phenoxy) is 1. The summed E-state index contributed by atoms with van der Waals surface area (Å²) in [6.07, 6.45) is 1.12. The number of benzene rings is 3. The molecule has 0 aliphatic carbocycles. The Labute approximate surface area is 230 Å². The number of carbonyl (C=O) groups excluding carboxylic acids is 2. The van der Waals surface area contributed by atoms with Crippen molar-refractivity contribution in [3.05, 3.63) is 98.4 Å². The van der Waals surface area contributed by atoms with Gasteiger partial charge in [0.25, 0.3) is 5.91 Å². The van der Waals surface area contributed by atoms with Gasteiger partial charge in [0.15, 0.2) is 6.61 Å². The second kappa shape index (κ2) is 13.7. The Morgan fingerprint density at radius 1 is 1.03 bits per heavy atom. The van der Waals surface area contributed by atoms with Gasteiger partial charge in [0.2, 0.25) is 5.91 Å². The van der Waals surface area contributed by atoms with E-state index in [0.29, 0.717) is 27.8 Å². The molecule has 0 aromatic heterocycles. The largest absolute Gasteiger partial charge is 0.484 e. The van der Waals surface area contributed by atoms with E-state index in [0.717, 1.165) is 16.5 Å². The van der Waals surface area contributed by atoms with Gasteiger partial charge in [-0.1, -0.05) is 82.5 Å². The molecule has 3 aromatic carbocycles. The second-order valence-corrected chi connectivity index (χ2v) is 10.3. The van der Waals surface area contributed by atoms with Crippen LogP contribution in [0.2, 0.25) is 10.0 Å². The fourth-order valence-corrected chi connectivity index (χ4v) is 4.32. The number of hydrogen-bond donors (Lipinski definition) is 1. The second-order valence-electron chi connectivity index (χ2n) is 8.52. The fourth-order valence-electron chi connectivity index (χ4n) is 3.59. The van der Waals surface area contributed by atoms with E-state index < -0.39 is 6.04 Å². The van der Waals surface area contributed by atoms with Crippen molar-refractivity contribution >= 4 is 50.9 Å². The first-order valence-electron chi connectivity index (χ1n) is 11.7. The Balaban J connectivity index is 1.93. The molecule has 36 heavy (non-hydrogen) atoms. The number of amides is 2. The highest BCUT2D eigenvalue weighted by Gasteiger charge is 2.31. The quantitative estimate of drug-likeness (QED) is 0.270. The van der Waals surface area contributed by atoms with Crippen LogP contribution in [-0.4, -0.2) is 35.4 Å². The van der Waals surface area contributed by atoms with Gasteiger partial charge in [-0.15, -0.1) is 0 Å². The van der Waals surface area contributed by atoms with Crippen LogP contribution >= 0.6 is 39.1 Å². The van der Waals surface area contributed by atoms with Crippen molar-refractivity contribution in [3.63, 3.8) is 0 Å². The van der Waals surface area contributed by atoms with E-state index >= 15 is 0 Å². The molecule has 190 valence electrons. The zero-order chi connectivity index (χ0) is 26.1. The predicted octanol–water partition coefficient (Wildman–Crippen LogP) is 6.69. The Morgan fingerprint density at radius 3 is 2.36 bits per heavy atom. The van der Waals surface area contributed by atoms with E-state index in [1.54, 1.807) is 35.2 Å². The van der Waals surface area contributed by atoms with Crippen LogP contribution in [0.5, 0.6) is 5.75 Å². The number of nitrogens with one attached hydrogen (secondary N) is 1. The standard InChI is InChI=1S/C28H29BrCl2N2O3/c1-3-19(2)32-28(35)26(15-20-7-5-4-6-8-20)33(17-21-9-12-23(30)16-25(21)31)27(34)18-36-24-13-10-22(29)11-14-24/h4-14,16,19,26H,3,15,17-18H2,1-2H3,(H,32,35)/t19-,26-/m0/s1. The number of halogens is 3. The lowest BCUT2D eigenvalue weighted by molar-refractivity contribution is -0.143. The molecule has 2 amide bonds. The third kappa shape index (κ3) is 8.26. The highest BCUT2D eigenvalue weighted by molar-refractivity contribution is 9.10. The monoisotopic (exact) mass is 590 g/mol. The van der Waals surface area contributed by atoms with Crippen LogP contribution in [0.15, 0.2) is 77.3 Å². The summed E-state index contributed by atoms with van der Waals surface area (Å²) in [5.41, 5.74) is 1.63. The molecule has 0 aliphatic rings. The van der Waals surface area contributed by atoms with Crippen LogP contribution in [0, 0.1) is 0 Å². The molecule has 0 radical (unpaired) electrons. The maximum Gasteiger partial charge on any atom is 0.261 e. The predicted molar refractivity (Wildman–Crippen MR) is 148 cm³/mol. The molecule has 3 aromatic rings. The summed E-state index contributed by atoms with van der Waals surface area (Å²) in [6.45, 7) is 3.84. The normalized spacial score (nSPS) is 12.5.